The van der Waals surface area contributed by atoms with Gasteiger partial charge in [-0.2, -0.15) is 13.2 Å². The number of alkyl halides is 3. The summed E-state index contributed by atoms with van der Waals surface area (Å²) < 4.78 is 39.3. The van der Waals surface area contributed by atoms with Gasteiger partial charge >= 0.3 is 11.5 Å². The van der Waals surface area contributed by atoms with E-state index in [1.54, 1.807) is 6.92 Å². The van der Waals surface area contributed by atoms with Crippen LogP contribution in [0.5, 0.6) is 0 Å². The highest BCUT2D eigenvalue weighted by atomic mass is 32.2. The number of pyridine rings is 1. The second-order valence-electron chi connectivity index (χ2n) is 9.87. The van der Waals surface area contributed by atoms with Crippen molar-refractivity contribution in [2.24, 2.45) is 5.41 Å². The molecule has 2 aromatic carbocycles. The number of rotatable bonds is 5. The van der Waals surface area contributed by atoms with Crippen LogP contribution in [0, 0.1) is 12.3 Å². The van der Waals surface area contributed by atoms with Crippen molar-refractivity contribution in [3.05, 3.63) is 59.7 Å². The second kappa shape index (κ2) is 8.80. The zero-order valence-electron chi connectivity index (χ0n) is 19.6. The summed E-state index contributed by atoms with van der Waals surface area (Å²) in [5.74, 6) is -1.14. The first-order valence-corrected chi connectivity index (χ1v) is 12.6. The molecule has 0 unspecified atom stereocenters. The van der Waals surface area contributed by atoms with Crippen molar-refractivity contribution in [1.29, 1.82) is 0 Å². The topological polar surface area (TPSA) is 79.3 Å². The minimum Gasteiger partial charge on any atom is -0.481 e. The van der Waals surface area contributed by atoms with E-state index in [1.165, 1.54) is 18.2 Å². The molecule has 0 spiro atoms. The van der Waals surface area contributed by atoms with Gasteiger partial charge in [0.25, 0.3) is 5.91 Å². The SMILES string of the molecule is Cc1c(-c2ccccc2)nc2ccc(SC(F)(F)F)cc2c1C(=O)NC12CCC(C(=O)O)(CC1)CC2. The maximum absolute atomic E-state index is 13.8. The summed E-state index contributed by atoms with van der Waals surface area (Å²) >= 11 is -0.225. The number of hydrogen-bond acceptors (Lipinski definition) is 4. The number of nitrogens with zero attached hydrogens (tertiary/aromatic N) is 1. The lowest BCUT2D eigenvalue weighted by atomic mass is 9.57. The molecule has 1 amide bonds. The molecular formula is C27H25F3N2O3S. The maximum Gasteiger partial charge on any atom is 0.446 e. The molecule has 1 aromatic heterocycles. The van der Waals surface area contributed by atoms with Crippen LogP contribution in [0.15, 0.2) is 53.4 Å². The molecule has 3 aliphatic rings. The molecular weight excluding hydrogens is 489 g/mol. The van der Waals surface area contributed by atoms with Crippen LogP contribution in [-0.2, 0) is 4.79 Å². The number of thioether (sulfide) groups is 1. The quantitative estimate of drug-likeness (QED) is 0.369. The molecule has 0 radical (unpaired) electrons. The van der Waals surface area contributed by atoms with Gasteiger partial charge in [-0.05, 0) is 81.0 Å². The number of carbonyl (C=O) groups excluding carboxylic acids is 1. The summed E-state index contributed by atoms with van der Waals surface area (Å²) in [6, 6.07) is 13.6. The van der Waals surface area contributed by atoms with Crippen molar-refractivity contribution in [3.63, 3.8) is 0 Å². The summed E-state index contributed by atoms with van der Waals surface area (Å²) in [7, 11) is 0. The molecule has 5 nitrogen and oxygen atoms in total. The Morgan fingerprint density at radius 1 is 1.00 bits per heavy atom. The Kier molecular flexibility index (Phi) is 6.01. The number of hydrogen-bond donors (Lipinski definition) is 2. The lowest BCUT2D eigenvalue weighted by Gasteiger charge is -2.51. The van der Waals surface area contributed by atoms with Crippen LogP contribution in [0.4, 0.5) is 13.2 Å². The molecule has 36 heavy (non-hydrogen) atoms. The summed E-state index contributed by atoms with van der Waals surface area (Å²) in [5.41, 5.74) is -2.95. The zero-order chi connectivity index (χ0) is 25.7. The minimum atomic E-state index is -4.46. The molecule has 3 aromatic rings. The van der Waals surface area contributed by atoms with Crippen LogP contribution in [0.3, 0.4) is 0 Å². The first-order valence-electron chi connectivity index (χ1n) is 11.8. The third kappa shape index (κ3) is 4.45. The Morgan fingerprint density at radius 3 is 2.22 bits per heavy atom. The summed E-state index contributed by atoms with van der Waals surface area (Å²) in [6.45, 7) is 1.77. The molecule has 6 rings (SSSR count). The fourth-order valence-electron chi connectivity index (χ4n) is 5.70. The average molecular weight is 515 g/mol. The molecule has 188 valence electrons. The monoisotopic (exact) mass is 514 g/mol. The van der Waals surface area contributed by atoms with E-state index in [1.807, 2.05) is 30.3 Å². The summed E-state index contributed by atoms with van der Waals surface area (Å²) in [6.07, 6.45) is 3.19. The second-order valence-corrected chi connectivity index (χ2v) is 11.0. The van der Waals surface area contributed by atoms with Crippen LogP contribution in [-0.4, -0.2) is 33.0 Å². The van der Waals surface area contributed by atoms with Gasteiger partial charge in [0.05, 0.1) is 22.2 Å². The predicted octanol–water partition coefficient (Wildman–Crippen LogP) is 6.73. The van der Waals surface area contributed by atoms with Gasteiger partial charge in [0, 0.05) is 21.4 Å². The Morgan fingerprint density at radius 2 is 1.64 bits per heavy atom. The predicted molar refractivity (Wildman–Crippen MR) is 132 cm³/mol. The molecule has 2 bridgehead atoms. The molecule has 0 saturated heterocycles. The lowest BCUT2D eigenvalue weighted by molar-refractivity contribution is -0.156. The van der Waals surface area contributed by atoms with E-state index < -0.39 is 22.4 Å². The van der Waals surface area contributed by atoms with Gasteiger partial charge in [-0.15, -0.1) is 0 Å². The fraction of sp³-hybridized carbons (Fsp3) is 0.370. The molecule has 9 heteroatoms. The molecule has 2 N–H and O–H groups in total. The number of carbonyl (C=O) groups is 2. The zero-order valence-corrected chi connectivity index (χ0v) is 20.4. The van der Waals surface area contributed by atoms with Gasteiger partial charge < -0.3 is 10.4 Å². The van der Waals surface area contributed by atoms with Crippen molar-refractivity contribution in [2.75, 3.05) is 0 Å². The number of fused-ring (bicyclic) bond motifs is 4. The maximum atomic E-state index is 13.8. The van der Waals surface area contributed by atoms with Crippen LogP contribution in [0.2, 0.25) is 0 Å². The smallest absolute Gasteiger partial charge is 0.446 e. The Labute approximate surface area is 210 Å². The van der Waals surface area contributed by atoms with Crippen molar-refractivity contribution in [2.45, 2.75) is 61.4 Å². The van der Waals surface area contributed by atoms with E-state index in [9.17, 15) is 27.9 Å². The molecule has 1 heterocycles. The average Bonchev–Trinajstić information content (AvgIpc) is 2.84. The number of carboxylic acid groups (broad SMARTS) is 1. The fourth-order valence-corrected chi connectivity index (χ4v) is 6.28. The normalized spacial score (nSPS) is 23.6. The third-order valence-corrected chi connectivity index (χ3v) is 8.51. The van der Waals surface area contributed by atoms with Gasteiger partial charge in [-0.1, -0.05) is 30.3 Å². The highest BCUT2D eigenvalue weighted by molar-refractivity contribution is 8.00. The van der Waals surface area contributed by atoms with E-state index in [-0.39, 0.29) is 22.6 Å². The van der Waals surface area contributed by atoms with Crippen LogP contribution >= 0.6 is 11.8 Å². The van der Waals surface area contributed by atoms with Crippen molar-refractivity contribution < 1.29 is 27.9 Å². The molecule has 3 saturated carbocycles. The molecule has 3 fully saturated rings. The number of halogens is 3. The van der Waals surface area contributed by atoms with Crippen molar-refractivity contribution in [1.82, 2.24) is 10.3 Å². The Balaban J connectivity index is 1.58. The van der Waals surface area contributed by atoms with E-state index in [0.717, 1.165) is 5.56 Å². The molecule has 0 atom stereocenters. The van der Waals surface area contributed by atoms with Gasteiger partial charge in [-0.25, -0.2) is 4.98 Å². The van der Waals surface area contributed by atoms with Gasteiger partial charge in [0.1, 0.15) is 0 Å². The van der Waals surface area contributed by atoms with Crippen molar-refractivity contribution >= 4 is 34.5 Å². The number of amides is 1. The van der Waals surface area contributed by atoms with Gasteiger partial charge in [-0.3, -0.25) is 9.59 Å². The Bertz CT molecular complexity index is 1330. The number of aliphatic carboxylic acids is 1. The number of carboxylic acids is 1. The van der Waals surface area contributed by atoms with E-state index in [0.29, 0.717) is 66.2 Å². The minimum absolute atomic E-state index is 0.0163. The standard InChI is InChI=1S/C27H25F3N2O3S/c1-16-21(23(33)32-26-12-9-25(10-13-26,11-14-26)24(34)35)19-15-18(36-27(28,29)30)7-8-20(19)31-22(16)17-5-3-2-4-6-17/h2-8,15H,9-14H2,1H3,(H,32,33)(H,34,35). The van der Waals surface area contributed by atoms with Crippen LogP contribution in [0.25, 0.3) is 22.2 Å². The first kappa shape index (κ1) is 24.6. The first-order chi connectivity index (χ1) is 17.0. The highest BCUT2D eigenvalue weighted by Gasteiger charge is 2.53. The number of aromatic nitrogens is 1. The molecule has 0 aliphatic heterocycles. The number of benzene rings is 2. The van der Waals surface area contributed by atoms with Crippen molar-refractivity contribution in [3.8, 4) is 11.3 Å². The largest absolute Gasteiger partial charge is 0.481 e. The van der Waals surface area contributed by atoms with Gasteiger partial charge in [0.2, 0.25) is 0 Å². The summed E-state index contributed by atoms with van der Waals surface area (Å²) in [5, 5.41) is 13.2. The Hall–Kier alpha value is -3.07. The summed E-state index contributed by atoms with van der Waals surface area (Å²) in [4.78, 5) is 30.3. The lowest BCUT2D eigenvalue weighted by Crippen LogP contribution is -2.58. The van der Waals surface area contributed by atoms with Crippen LogP contribution in [0.1, 0.15) is 54.4 Å². The van der Waals surface area contributed by atoms with E-state index in [2.05, 4.69) is 5.32 Å². The highest BCUT2D eigenvalue weighted by Crippen LogP contribution is 2.52. The number of nitrogens with one attached hydrogen (secondary N) is 1. The van der Waals surface area contributed by atoms with Gasteiger partial charge in [0.15, 0.2) is 0 Å². The molecule has 3 aliphatic carbocycles. The third-order valence-electron chi connectivity index (χ3n) is 7.79. The van der Waals surface area contributed by atoms with E-state index >= 15 is 0 Å². The van der Waals surface area contributed by atoms with Crippen LogP contribution < -0.4 is 5.32 Å². The van der Waals surface area contributed by atoms with E-state index in [4.69, 9.17) is 4.98 Å².